The molecule has 0 saturated carbocycles. The van der Waals surface area contributed by atoms with Crippen LogP contribution in [0.5, 0.6) is 0 Å². The molecule has 0 radical (unpaired) electrons. The lowest BCUT2D eigenvalue weighted by atomic mass is 10.1. The van der Waals surface area contributed by atoms with Gasteiger partial charge < -0.3 is 10.3 Å². The number of para-hydroxylation sites is 1. The first-order chi connectivity index (χ1) is 10.6. The van der Waals surface area contributed by atoms with Crippen LogP contribution >= 0.6 is 11.3 Å². The van der Waals surface area contributed by atoms with Crippen LogP contribution in [0.1, 0.15) is 29.9 Å². The van der Waals surface area contributed by atoms with Crippen molar-refractivity contribution in [3.05, 3.63) is 45.6 Å². The van der Waals surface area contributed by atoms with Crippen LogP contribution in [-0.4, -0.2) is 17.4 Å². The van der Waals surface area contributed by atoms with Gasteiger partial charge in [0.15, 0.2) is 0 Å². The van der Waals surface area contributed by atoms with E-state index < -0.39 is 0 Å². The molecule has 0 atom stereocenters. The Hall–Kier alpha value is -2.14. The van der Waals surface area contributed by atoms with Crippen LogP contribution in [-0.2, 0) is 0 Å². The van der Waals surface area contributed by atoms with E-state index in [1.54, 1.807) is 6.07 Å². The fraction of sp³-hybridized carbons (Fsp3) is 0.294. The molecule has 1 amide bonds. The number of nitrogens with one attached hydrogen (secondary N) is 2. The quantitative estimate of drug-likeness (QED) is 0.774. The van der Waals surface area contributed by atoms with E-state index in [0.717, 1.165) is 22.0 Å². The van der Waals surface area contributed by atoms with Crippen molar-refractivity contribution in [1.29, 1.82) is 0 Å². The van der Waals surface area contributed by atoms with Gasteiger partial charge in [-0.25, -0.2) is 0 Å². The Morgan fingerprint density at radius 2 is 2.05 bits per heavy atom. The summed E-state index contributed by atoms with van der Waals surface area (Å²) in [5.74, 6) is 0.444. The lowest BCUT2D eigenvalue weighted by Gasteiger charge is -2.05. The van der Waals surface area contributed by atoms with Crippen molar-refractivity contribution < 1.29 is 4.79 Å². The average molecular weight is 314 g/mol. The molecule has 22 heavy (non-hydrogen) atoms. The molecular formula is C17H18N2O2S. The predicted octanol–water partition coefficient (Wildman–Crippen LogP) is 3.52. The molecule has 5 heteroatoms. The third-order valence-electron chi connectivity index (χ3n) is 3.63. The zero-order valence-electron chi connectivity index (χ0n) is 12.6. The van der Waals surface area contributed by atoms with Gasteiger partial charge in [0, 0.05) is 22.1 Å². The van der Waals surface area contributed by atoms with Gasteiger partial charge in [0.25, 0.3) is 11.5 Å². The van der Waals surface area contributed by atoms with E-state index in [4.69, 9.17) is 0 Å². The molecule has 0 unspecified atom stereocenters. The largest absolute Gasteiger partial charge is 0.351 e. The first-order valence-corrected chi connectivity index (χ1v) is 8.20. The van der Waals surface area contributed by atoms with Crippen molar-refractivity contribution in [3.63, 3.8) is 0 Å². The highest BCUT2D eigenvalue weighted by Crippen LogP contribution is 2.29. The fourth-order valence-electron chi connectivity index (χ4n) is 2.41. The summed E-state index contributed by atoms with van der Waals surface area (Å²) in [4.78, 5) is 27.8. The molecular weight excluding hydrogens is 296 g/mol. The highest BCUT2D eigenvalue weighted by molar-refractivity contribution is 7.21. The van der Waals surface area contributed by atoms with Crippen LogP contribution in [0.3, 0.4) is 0 Å². The molecule has 1 aromatic carbocycles. The molecule has 0 aliphatic carbocycles. The van der Waals surface area contributed by atoms with Crippen molar-refractivity contribution in [1.82, 2.24) is 10.3 Å². The van der Waals surface area contributed by atoms with Crippen LogP contribution in [0.4, 0.5) is 0 Å². The Morgan fingerprint density at radius 3 is 2.82 bits per heavy atom. The number of benzene rings is 1. The summed E-state index contributed by atoms with van der Waals surface area (Å²) in [5, 5.41) is 4.47. The molecule has 0 aliphatic rings. The van der Waals surface area contributed by atoms with E-state index in [1.165, 1.54) is 11.3 Å². The second-order valence-electron chi connectivity index (χ2n) is 5.79. The fourth-order valence-corrected chi connectivity index (χ4v) is 3.52. The van der Waals surface area contributed by atoms with Crippen LogP contribution < -0.4 is 10.9 Å². The maximum absolute atomic E-state index is 12.2. The summed E-state index contributed by atoms with van der Waals surface area (Å²) in [6.45, 7) is 4.90. The zero-order valence-corrected chi connectivity index (χ0v) is 13.4. The lowest BCUT2D eigenvalue weighted by molar-refractivity contribution is 0.0956. The number of thiophene rings is 1. The van der Waals surface area contributed by atoms with Crippen molar-refractivity contribution in [2.24, 2.45) is 5.92 Å². The van der Waals surface area contributed by atoms with Gasteiger partial charge in [-0.15, -0.1) is 11.3 Å². The summed E-state index contributed by atoms with van der Waals surface area (Å²) < 4.78 is 0.869. The summed E-state index contributed by atoms with van der Waals surface area (Å²) >= 11 is 1.38. The van der Waals surface area contributed by atoms with E-state index in [0.29, 0.717) is 22.7 Å². The molecule has 0 saturated heterocycles. The molecule has 2 N–H and O–H groups in total. The molecule has 0 aliphatic heterocycles. The summed E-state index contributed by atoms with van der Waals surface area (Å²) in [6.07, 6.45) is 0.945. The molecule has 3 rings (SSSR count). The van der Waals surface area contributed by atoms with Crippen molar-refractivity contribution in [2.45, 2.75) is 20.3 Å². The molecule has 2 aromatic heterocycles. The van der Waals surface area contributed by atoms with Gasteiger partial charge in [-0.3, -0.25) is 9.59 Å². The van der Waals surface area contributed by atoms with Gasteiger partial charge in [-0.1, -0.05) is 32.0 Å². The molecule has 0 fully saturated rings. The van der Waals surface area contributed by atoms with Crippen LogP contribution in [0.2, 0.25) is 0 Å². The standard InChI is InChI=1S/C17H18N2O2S/c1-10(2)7-8-18-17(21)14-9-12-15(22-14)11-5-3-4-6-13(11)19-16(12)20/h3-6,9-10H,7-8H2,1-2H3,(H,18,21)(H,19,20). The molecule has 4 nitrogen and oxygen atoms in total. The van der Waals surface area contributed by atoms with Crippen LogP contribution in [0, 0.1) is 5.92 Å². The van der Waals surface area contributed by atoms with Gasteiger partial charge in [0.1, 0.15) is 0 Å². The van der Waals surface area contributed by atoms with Gasteiger partial charge in [-0.05, 0) is 24.5 Å². The molecule has 3 aromatic rings. The number of hydrogen-bond acceptors (Lipinski definition) is 3. The van der Waals surface area contributed by atoms with Gasteiger partial charge >= 0.3 is 0 Å². The first kappa shape index (κ1) is 14.8. The summed E-state index contributed by atoms with van der Waals surface area (Å²) in [5.41, 5.74) is 0.653. The molecule has 2 heterocycles. The second-order valence-corrected chi connectivity index (χ2v) is 6.84. The smallest absolute Gasteiger partial charge is 0.261 e. The molecule has 114 valence electrons. The number of aromatic amines is 1. The maximum atomic E-state index is 12.2. The minimum Gasteiger partial charge on any atom is -0.351 e. The van der Waals surface area contributed by atoms with Crippen LogP contribution in [0.15, 0.2) is 35.1 Å². The molecule has 0 bridgehead atoms. The minimum atomic E-state index is -0.147. The SMILES string of the molecule is CC(C)CCNC(=O)c1cc2c(=O)[nH]c3ccccc3c2s1. The van der Waals surface area contributed by atoms with E-state index in [1.807, 2.05) is 24.3 Å². The zero-order chi connectivity index (χ0) is 15.7. The number of hydrogen-bond donors (Lipinski definition) is 2. The number of pyridine rings is 1. The predicted molar refractivity (Wildman–Crippen MR) is 91.7 cm³/mol. The van der Waals surface area contributed by atoms with E-state index in [2.05, 4.69) is 24.1 Å². The number of rotatable bonds is 4. The topological polar surface area (TPSA) is 62.0 Å². The highest BCUT2D eigenvalue weighted by atomic mass is 32.1. The van der Waals surface area contributed by atoms with Crippen LogP contribution in [0.25, 0.3) is 21.0 Å². The maximum Gasteiger partial charge on any atom is 0.261 e. The first-order valence-electron chi connectivity index (χ1n) is 7.39. The Morgan fingerprint density at radius 1 is 1.27 bits per heavy atom. The Labute approximate surface area is 132 Å². The number of carbonyl (C=O) groups is 1. The monoisotopic (exact) mass is 314 g/mol. The number of aromatic nitrogens is 1. The average Bonchev–Trinajstić information content (AvgIpc) is 2.93. The van der Waals surface area contributed by atoms with E-state index >= 15 is 0 Å². The van der Waals surface area contributed by atoms with Crippen molar-refractivity contribution in [2.75, 3.05) is 6.54 Å². The van der Waals surface area contributed by atoms with Gasteiger partial charge in [0.05, 0.1) is 10.3 Å². The van der Waals surface area contributed by atoms with Gasteiger partial charge in [0.2, 0.25) is 0 Å². The third-order valence-corrected chi connectivity index (χ3v) is 4.79. The Kier molecular flexibility index (Phi) is 3.98. The minimum absolute atomic E-state index is 0.106. The van der Waals surface area contributed by atoms with Crippen molar-refractivity contribution >= 4 is 38.2 Å². The summed E-state index contributed by atoms with van der Waals surface area (Å²) in [7, 11) is 0. The summed E-state index contributed by atoms with van der Waals surface area (Å²) in [6, 6.07) is 9.35. The molecule has 0 spiro atoms. The second kappa shape index (κ2) is 5.93. The normalized spacial score (nSPS) is 11.4. The number of H-pyrrole nitrogens is 1. The lowest BCUT2D eigenvalue weighted by Crippen LogP contribution is -2.24. The number of carbonyl (C=O) groups excluding carboxylic acids is 1. The highest BCUT2D eigenvalue weighted by Gasteiger charge is 2.14. The third kappa shape index (κ3) is 2.76. The van der Waals surface area contributed by atoms with Gasteiger partial charge in [-0.2, -0.15) is 0 Å². The number of fused-ring (bicyclic) bond motifs is 3. The van der Waals surface area contributed by atoms with E-state index in [-0.39, 0.29) is 11.5 Å². The Balaban J connectivity index is 1.99. The van der Waals surface area contributed by atoms with E-state index in [9.17, 15) is 9.59 Å². The Bertz CT molecular complexity index is 892. The number of amides is 1. The van der Waals surface area contributed by atoms with Crippen molar-refractivity contribution in [3.8, 4) is 0 Å².